The van der Waals surface area contributed by atoms with Crippen LogP contribution in [0, 0.1) is 0 Å². The van der Waals surface area contributed by atoms with E-state index < -0.39 is 0 Å². The van der Waals surface area contributed by atoms with Crippen molar-refractivity contribution in [3.05, 3.63) is 54.9 Å². The minimum Gasteiger partial charge on any atom is -0.455 e. The molecule has 2 rings (SSSR count). The molecule has 0 aliphatic rings. The number of thiocarbonyl (C=S) groups is 1. The minimum absolute atomic E-state index is 0.242. The Balaban J connectivity index is 2.47. The van der Waals surface area contributed by atoms with Gasteiger partial charge in [0.25, 0.3) is 0 Å². The summed E-state index contributed by atoms with van der Waals surface area (Å²) in [6, 6.07) is 8.66. The van der Waals surface area contributed by atoms with Crippen molar-refractivity contribution in [3.8, 4) is 11.5 Å². The largest absolute Gasteiger partial charge is 0.455 e. The Bertz CT molecular complexity index is 694. The summed E-state index contributed by atoms with van der Waals surface area (Å²) in [5.74, 6) is 0.933. The molecule has 0 bridgehead atoms. The number of nitrogens with two attached hydrogens (primary N) is 1. The summed E-state index contributed by atoms with van der Waals surface area (Å²) in [7, 11) is 0. The first-order valence-corrected chi connectivity index (χ1v) is 8.05. The van der Waals surface area contributed by atoms with Gasteiger partial charge in [0.05, 0.1) is 15.6 Å². The van der Waals surface area contributed by atoms with Gasteiger partial charge in [0, 0.05) is 15.0 Å². The van der Waals surface area contributed by atoms with Gasteiger partial charge in [0.2, 0.25) is 0 Å². The Labute approximate surface area is 148 Å². The van der Waals surface area contributed by atoms with E-state index in [-0.39, 0.29) is 4.99 Å². The molecule has 0 aromatic heterocycles. The van der Waals surface area contributed by atoms with Gasteiger partial charge in [-0.3, -0.25) is 0 Å². The quantitative estimate of drug-likeness (QED) is 0.459. The summed E-state index contributed by atoms with van der Waals surface area (Å²) in [5.41, 5.74) is 6.30. The molecule has 0 fully saturated rings. The molecule has 0 amide bonds. The van der Waals surface area contributed by atoms with E-state index in [9.17, 15) is 0 Å². The number of halogens is 4. The lowest BCUT2D eigenvalue weighted by molar-refractivity contribution is 0.481. The van der Waals surface area contributed by atoms with Gasteiger partial charge in [0.1, 0.15) is 16.5 Å². The molecule has 0 saturated heterocycles. The van der Waals surface area contributed by atoms with Crippen LogP contribution in [0.4, 0.5) is 0 Å². The van der Waals surface area contributed by atoms with E-state index in [4.69, 9.17) is 45.9 Å². The fourth-order valence-electron chi connectivity index (χ4n) is 1.49. The average molecular weight is 456 g/mol. The second kappa shape index (κ2) is 6.62. The number of hydrogen-bond donors (Lipinski definition) is 1. The van der Waals surface area contributed by atoms with Crippen molar-refractivity contribution < 1.29 is 4.74 Å². The van der Waals surface area contributed by atoms with E-state index in [1.807, 2.05) is 6.07 Å². The normalized spacial score (nSPS) is 10.4. The van der Waals surface area contributed by atoms with Crippen molar-refractivity contribution in [1.29, 1.82) is 0 Å². The molecule has 0 unspecified atom stereocenters. The molecule has 0 atom stereocenters. The maximum absolute atomic E-state index is 6.13. The number of hydrogen-bond acceptors (Lipinski definition) is 2. The predicted molar refractivity (Wildman–Crippen MR) is 94.3 cm³/mol. The third-order valence-electron chi connectivity index (χ3n) is 2.40. The van der Waals surface area contributed by atoms with Gasteiger partial charge >= 0.3 is 0 Å². The molecule has 0 spiro atoms. The van der Waals surface area contributed by atoms with Crippen LogP contribution in [0.25, 0.3) is 0 Å². The van der Waals surface area contributed by atoms with Crippen molar-refractivity contribution in [2.45, 2.75) is 0 Å². The first-order valence-electron chi connectivity index (χ1n) is 5.30. The monoisotopic (exact) mass is 453 g/mol. The van der Waals surface area contributed by atoms with E-state index in [1.54, 1.807) is 24.3 Å². The van der Waals surface area contributed by atoms with Crippen LogP contribution in [-0.2, 0) is 0 Å². The Morgan fingerprint density at radius 1 is 1.05 bits per heavy atom. The minimum atomic E-state index is 0.242. The molecule has 7 heteroatoms. The zero-order chi connectivity index (χ0) is 14.9. The van der Waals surface area contributed by atoms with E-state index in [1.165, 1.54) is 0 Å². The van der Waals surface area contributed by atoms with Crippen LogP contribution in [0.5, 0.6) is 11.5 Å². The van der Waals surface area contributed by atoms with Crippen molar-refractivity contribution in [3.63, 3.8) is 0 Å². The molecular formula is C13H7Br2Cl2NOS. The highest BCUT2D eigenvalue weighted by Gasteiger charge is 2.12. The SMILES string of the molecule is NC(=S)c1ccc(Br)cc1Oc1cc(Cl)c(Br)cc1Cl. The first kappa shape index (κ1) is 16.0. The van der Waals surface area contributed by atoms with Gasteiger partial charge in [-0.25, -0.2) is 0 Å². The summed E-state index contributed by atoms with van der Waals surface area (Å²) in [4.78, 5) is 0.242. The molecule has 20 heavy (non-hydrogen) atoms. The fourth-order valence-corrected chi connectivity index (χ4v) is 2.82. The van der Waals surface area contributed by atoms with Crippen LogP contribution in [0.15, 0.2) is 39.3 Å². The third kappa shape index (κ3) is 3.65. The molecule has 2 nitrogen and oxygen atoms in total. The van der Waals surface area contributed by atoms with Gasteiger partial charge in [0.15, 0.2) is 0 Å². The Hall–Kier alpha value is -0.330. The number of ether oxygens (including phenoxy) is 1. The lowest BCUT2D eigenvalue weighted by atomic mass is 10.2. The highest BCUT2D eigenvalue weighted by atomic mass is 79.9. The summed E-state index contributed by atoms with van der Waals surface area (Å²) in [6.45, 7) is 0. The van der Waals surface area contributed by atoms with Gasteiger partial charge in [-0.15, -0.1) is 0 Å². The van der Waals surface area contributed by atoms with Crippen molar-refractivity contribution >= 4 is 72.3 Å². The van der Waals surface area contributed by atoms with Crippen LogP contribution in [0.3, 0.4) is 0 Å². The number of benzene rings is 2. The second-order valence-corrected chi connectivity index (χ2v) is 6.83. The first-order chi connectivity index (χ1) is 9.38. The topological polar surface area (TPSA) is 35.2 Å². The Morgan fingerprint density at radius 3 is 2.40 bits per heavy atom. The van der Waals surface area contributed by atoms with Gasteiger partial charge in [-0.2, -0.15) is 0 Å². The van der Waals surface area contributed by atoms with Crippen LogP contribution in [0.2, 0.25) is 10.0 Å². The summed E-state index contributed by atoms with van der Waals surface area (Å²) in [5, 5.41) is 0.923. The van der Waals surface area contributed by atoms with Crippen molar-refractivity contribution in [2.75, 3.05) is 0 Å². The highest BCUT2D eigenvalue weighted by Crippen LogP contribution is 2.38. The second-order valence-electron chi connectivity index (χ2n) is 3.80. The van der Waals surface area contributed by atoms with E-state index in [0.717, 1.165) is 4.47 Å². The average Bonchev–Trinajstić information content (AvgIpc) is 2.35. The molecule has 2 aromatic carbocycles. The van der Waals surface area contributed by atoms with Gasteiger partial charge < -0.3 is 10.5 Å². The summed E-state index contributed by atoms with van der Waals surface area (Å²) >= 11 is 23.8. The molecule has 2 N–H and O–H groups in total. The molecule has 0 aliphatic heterocycles. The molecule has 104 valence electrons. The van der Waals surface area contributed by atoms with Crippen LogP contribution in [-0.4, -0.2) is 4.99 Å². The van der Waals surface area contributed by atoms with Crippen molar-refractivity contribution in [2.24, 2.45) is 5.73 Å². The molecular weight excluding hydrogens is 449 g/mol. The smallest absolute Gasteiger partial charge is 0.147 e. The standard InChI is InChI=1S/C13H7Br2Cl2NOS/c14-6-1-2-7(13(18)20)11(3-6)19-12-5-9(16)8(15)4-10(12)17/h1-5H,(H2,18,20). The van der Waals surface area contributed by atoms with Crippen LogP contribution < -0.4 is 10.5 Å². The molecule has 2 aromatic rings. The highest BCUT2D eigenvalue weighted by molar-refractivity contribution is 9.10. The van der Waals surface area contributed by atoms with Crippen LogP contribution >= 0.6 is 67.3 Å². The summed E-state index contributed by atoms with van der Waals surface area (Å²) < 4.78 is 7.32. The zero-order valence-electron chi connectivity index (χ0n) is 9.79. The lowest BCUT2D eigenvalue weighted by Gasteiger charge is -2.12. The predicted octanol–water partition coefficient (Wildman–Crippen LogP) is 5.94. The summed E-state index contributed by atoms with van der Waals surface area (Å²) in [6.07, 6.45) is 0. The zero-order valence-corrected chi connectivity index (χ0v) is 15.3. The molecule has 0 aliphatic carbocycles. The third-order valence-corrected chi connectivity index (χ3v) is 4.61. The maximum Gasteiger partial charge on any atom is 0.147 e. The lowest BCUT2D eigenvalue weighted by Crippen LogP contribution is -2.10. The number of rotatable bonds is 3. The van der Waals surface area contributed by atoms with E-state index >= 15 is 0 Å². The van der Waals surface area contributed by atoms with E-state index in [2.05, 4.69) is 31.9 Å². The van der Waals surface area contributed by atoms with Crippen LogP contribution in [0.1, 0.15) is 5.56 Å². The Kier molecular flexibility index (Phi) is 5.31. The van der Waals surface area contributed by atoms with E-state index in [0.29, 0.717) is 31.6 Å². The fraction of sp³-hybridized carbons (Fsp3) is 0. The molecule has 0 saturated carbocycles. The maximum atomic E-state index is 6.13. The van der Waals surface area contributed by atoms with Gasteiger partial charge in [-0.05, 0) is 40.2 Å². The molecule has 0 radical (unpaired) electrons. The van der Waals surface area contributed by atoms with Crippen molar-refractivity contribution in [1.82, 2.24) is 0 Å². The molecule has 0 heterocycles. The Morgan fingerprint density at radius 2 is 1.75 bits per heavy atom. The van der Waals surface area contributed by atoms with Gasteiger partial charge in [-0.1, -0.05) is 51.3 Å².